The monoisotopic (exact) mass is 509 g/mol. The summed E-state index contributed by atoms with van der Waals surface area (Å²) in [5, 5.41) is 3.46. The molecule has 1 N–H and O–H groups in total. The lowest BCUT2D eigenvalue weighted by molar-refractivity contribution is 0.184. The van der Waals surface area contributed by atoms with Crippen molar-refractivity contribution in [3.8, 4) is 5.75 Å². The standard InChI is InChI=1S/C23H31N3O2.HI/c1-4-24-23(25-15-19-7-5-6-8-21(19)17-27-2)26-14-13-20(16-26)18-9-11-22(28-3)12-10-18;/h5-12,20H,4,13-17H2,1-3H3,(H,24,25);1H. The van der Waals surface area contributed by atoms with Gasteiger partial charge in [0.25, 0.3) is 0 Å². The van der Waals surface area contributed by atoms with Crippen LogP contribution in [0.3, 0.4) is 0 Å². The first-order valence-corrected chi connectivity index (χ1v) is 9.98. The number of rotatable bonds is 7. The van der Waals surface area contributed by atoms with Gasteiger partial charge in [0, 0.05) is 32.7 Å². The molecule has 1 aliphatic heterocycles. The van der Waals surface area contributed by atoms with E-state index in [0.29, 0.717) is 19.1 Å². The van der Waals surface area contributed by atoms with E-state index >= 15 is 0 Å². The number of guanidine groups is 1. The van der Waals surface area contributed by atoms with E-state index in [9.17, 15) is 0 Å². The maximum Gasteiger partial charge on any atom is 0.194 e. The van der Waals surface area contributed by atoms with Gasteiger partial charge >= 0.3 is 0 Å². The van der Waals surface area contributed by atoms with Crippen LogP contribution in [0.5, 0.6) is 5.75 Å². The minimum absolute atomic E-state index is 0. The Balaban J connectivity index is 0.00000300. The zero-order chi connectivity index (χ0) is 19.8. The summed E-state index contributed by atoms with van der Waals surface area (Å²) in [6, 6.07) is 16.8. The zero-order valence-electron chi connectivity index (χ0n) is 17.6. The van der Waals surface area contributed by atoms with Crippen molar-refractivity contribution >= 4 is 29.9 Å². The molecule has 0 radical (unpaired) electrons. The SMILES string of the molecule is CCNC(=NCc1ccccc1COC)N1CCC(c2ccc(OC)cc2)C1.I. The first kappa shape index (κ1) is 23.5. The van der Waals surface area contributed by atoms with E-state index in [2.05, 4.69) is 47.5 Å². The van der Waals surface area contributed by atoms with E-state index in [1.54, 1.807) is 14.2 Å². The fraction of sp³-hybridized carbons (Fsp3) is 0.435. The smallest absolute Gasteiger partial charge is 0.194 e. The van der Waals surface area contributed by atoms with Crippen LogP contribution >= 0.6 is 24.0 Å². The molecule has 3 rings (SSSR count). The molecule has 0 spiro atoms. The molecule has 0 saturated carbocycles. The summed E-state index contributed by atoms with van der Waals surface area (Å²) >= 11 is 0. The Hall–Kier alpha value is -1.80. The lowest BCUT2D eigenvalue weighted by Crippen LogP contribution is -2.40. The van der Waals surface area contributed by atoms with Crippen LogP contribution in [-0.4, -0.2) is 44.7 Å². The van der Waals surface area contributed by atoms with Gasteiger partial charge in [-0.1, -0.05) is 36.4 Å². The third-order valence-electron chi connectivity index (χ3n) is 5.23. The molecule has 0 bridgehead atoms. The Bertz CT molecular complexity index is 780. The Morgan fingerprint density at radius 1 is 1.10 bits per heavy atom. The molecule has 2 aromatic rings. The number of aliphatic imine (C=N–C) groups is 1. The van der Waals surface area contributed by atoms with Crippen LogP contribution in [0.25, 0.3) is 0 Å². The second kappa shape index (κ2) is 12.0. The molecule has 1 fully saturated rings. The predicted octanol–water partition coefficient (Wildman–Crippen LogP) is 4.41. The quantitative estimate of drug-likeness (QED) is 0.341. The van der Waals surface area contributed by atoms with Crippen molar-refractivity contribution in [1.29, 1.82) is 0 Å². The summed E-state index contributed by atoms with van der Waals surface area (Å²) in [6.45, 7) is 6.25. The molecule has 29 heavy (non-hydrogen) atoms. The van der Waals surface area contributed by atoms with E-state index in [4.69, 9.17) is 14.5 Å². The summed E-state index contributed by atoms with van der Waals surface area (Å²) in [6.07, 6.45) is 1.14. The second-order valence-electron chi connectivity index (χ2n) is 7.08. The molecular weight excluding hydrogens is 477 g/mol. The molecule has 1 saturated heterocycles. The maximum atomic E-state index is 5.32. The molecule has 2 aromatic carbocycles. The average molecular weight is 509 g/mol. The van der Waals surface area contributed by atoms with Crippen LogP contribution in [0.1, 0.15) is 36.0 Å². The van der Waals surface area contributed by atoms with Crippen molar-refractivity contribution in [2.24, 2.45) is 4.99 Å². The van der Waals surface area contributed by atoms with Gasteiger partial charge in [-0.05, 0) is 42.2 Å². The van der Waals surface area contributed by atoms with Gasteiger partial charge in [-0.15, -0.1) is 24.0 Å². The van der Waals surface area contributed by atoms with Crippen molar-refractivity contribution in [3.05, 3.63) is 65.2 Å². The van der Waals surface area contributed by atoms with Gasteiger partial charge in [-0.2, -0.15) is 0 Å². The van der Waals surface area contributed by atoms with Crippen LogP contribution < -0.4 is 10.1 Å². The van der Waals surface area contributed by atoms with Gasteiger partial charge in [0.2, 0.25) is 0 Å². The van der Waals surface area contributed by atoms with Gasteiger partial charge in [-0.3, -0.25) is 0 Å². The number of hydrogen-bond donors (Lipinski definition) is 1. The Kier molecular flexibility index (Phi) is 9.73. The number of ether oxygens (including phenoxy) is 2. The van der Waals surface area contributed by atoms with Gasteiger partial charge < -0.3 is 19.7 Å². The molecule has 158 valence electrons. The van der Waals surface area contributed by atoms with Crippen molar-refractivity contribution in [1.82, 2.24) is 10.2 Å². The molecule has 0 amide bonds. The molecule has 6 heteroatoms. The van der Waals surface area contributed by atoms with E-state index in [-0.39, 0.29) is 24.0 Å². The molecule has 0 aliphatic carbocycles. The van der Waals surface area contributed by atoms with Crippen molar-refractivity contribution < 1.29 is 9.47 Å². The van der Waals surface area contributed by atoms with Gasteiger partial charge in [0.05, 0.1) is 20.3 Å². The lowest BCUT2D eigenvalue weighted by atomic mass is 9.98. The summed E-state index contributed by atoms with van der Waals surface area (Å²) < 4.78 is 10.6. The highest BCUT2D eigenvalue weighted by Gasteiger charge is 2.26. The number of methoxy groups -OCH3 is 2. The minimum atomic E-state index is 0. The van der Waals surface area contributed by atoms with Gasteiger partial charge in [0.15, 0.2) is 5.96 Å². The molecule has 5 nitrogen and oxygen atoms in total. The van der Waals surface area contributed by atoms with Gasteiger partial charge in [0.1, 0.15) is 5.75 Å². The third-order valence-corrected chi connectivity index (χ3v) is 5.23. The van der Waals surface area contributed by atoms with Crippen molar-refractivity contribution in [3.63, 3.8) is 0 Å². The minimum Gasteiger partial charge on any atom is -0.497 e. The van der Waals surface area contributed by atoms with Crippen molar-refractivity contribution in [2.75, 3.05) is 33.9 Å². The summed E-state index contributed by atoms with van der Waals surface area (Å²) in [4.78, 5) is 7.29. The number of nitrogens with one attached hydrogen (secondary N) is 1. The normalized spacial score (nSPS) is 16.4. The summed E-state index contributed by atoms with van der Waals surface area (Å²) in [7, 11) is 3.43. The van der Waals surface area contributed by atoms with E-state index in [0.717, 1.165) is 37.8 Å². The highest BCUT2D eigenvalue weighted by molar-refractivity contribution is 14.0. The van der Waals surface area contributed by atoms with E-state index in [1.165, 1.54) is 16.7 Å². The predicted molar refractivity (Wildman–Crippen MR) is 129 cm³/mol. The zero-order valence-corrected chi connectivity index (χ0v) is 19.9. The number of benzene rings is 2. The molecule has 1 atom stereocenters. The summed E-state index contributed by atoms with van der Waals surface area (Å²) in [5.41, 5.74) is 3.78. The molecule has 1 unspecified atom stereocenters. The lowest BCUT2D eigenvalue weighted by Gasteiger charge is -2.22. The van der Waals surface area contributed by atoms with E-state index < -0.39 is 0 Å². The third kappa shape index (κ3) is 6.34. The Labute approximate surface area is 191 Å². The molecule has 1 heterocycles. The highest BCUT2D eigenvalue weighted by Crippen LogP contribution is 2.28. The van der Waals surface area contributed by atoms with Crippen molar-refractivity contribution in [2.45, 2.75) is 32.4 Å². The van der Waals surface area contributed by atoms with Crippen LogP contribution in [0, 0.1) is 0 Å². The van der Waals surface area contributed by atoms with Crippen LogP contribution in [0.15, 0.2) is 53.5 Å². The largest absolute Gasteiger partial charge is 0.497 e. The topological polar surface area (TPSA) is 46.1 Å². The number of nitrogens with zero attached hydrogens (tertiary/aromatic N) is 2. The van der Waals surface area contributed by atoms with E-state index in [1.807, 2.05) is 18.2 Å². The fourth-order valence-corrected chi connectivity index (χ4v) is 3.69. The molecule has 0 aromatic heterocycles. The second-order valence-corrected chi connectivity index (χ2v) is 7.08. The average Bonchev–Trinajstić information content (AvgIpc) is 3.22. The van der Waals surface area contributed by atoms with Crippen LogP contribution in [-0.2, 0) is 17.9 Å². The Morgan fingerprint density at radius 3 is 2.48 bits per heavy atom. The van der Waals surface area contributed by atoms with Gasteiger partial charge in [-0.25, -0.2) is 4.99 Å². The number of halogens is 1. The molecule has 1 aliphatic rings. The van der Waals surface area contributed by atoms with Crippen LogP contribution in [0.4, 0.5) is 0 Å². The first-order valence-electron chi connectivity index (χ1n) is 9.98. The Morgan fingerprint density at radius 2 is 1.83 bits per heavy atom. The molecular formula is C23H32IN3O2. The van der Waals surface area contributed by atoms with Crippen LogP contribution in [0.2, 0.25) is 0 Å². The number of hydrogen-bond acceptors (Lipinski definition) is 3. The highest BCUT2D eigenvalue weighted by atomic mass is 127. The number of likely N-dealkylation sites (tertiary alicyclic amines) is 1. The summed E-state index contributed by atoms with van der Waals surface area (Å²) in [5.74, 6) is 2.42. The first-order chi connectivity index (χ1) is 13.7. The fourth-order valence-electron chi connectivity index (χ4n) is 3.69. The maximum absolute atomic E-state index is 5.32.